The summed E-state index contributed by atoms with van der Waals surface area (Å²) in [6.07, 6.45) is 10.8. The maximum Gasteiger partial charge on any atom is 0.0574 e. The van der Waals surface area contributed by atoms with Gasteiger partial charge in [0, 0.05) is 7.11 Å². The first-order valence-corrected chi connectivity index (χ1v) is 10.4. The zero-order valence-corrected chi connectivity index (χ0v) is 16.3. The summed E-state index contributed by atoms with van der Waals surface area (Å²) >= 11 is 0. The molecular formula is C23H36O2. The molecule has 4 unspecified atom stereocenters. The maximum absolute atomic E-state index is 10.7. The van der Waals surface area contributed by atoms with E-state index in [2.05, 4.69) is 32.0 Å². The molecule has 3 rings (SSSR count). The lowest BCUT2D eigenvalue weighted by Gasteiger charge is -2.32. The van der Waals surface area contributed by atoms with E-state index in [-0.39, 0.29) is 6.10 Å². The van der Waals surface area contributed by atoms with Crippen molar-refractivity contribution < 1.29 is 9.84 Å². The van der Waals surface area contributed by atoms with Crippen LogP contribution in [0.4, 0.5) is 0 Å². The van der Waals surface area contributed by atoms with Crippen LogP contribution in [0.15, 0.2) is 18.2 Å². The lowest BCUT2D eigenvalue weighted by molar-refractivity contribution is 0.0595. The van der Waals surface area contributed by atoms with E-state index in [1.54, 1.807) is 5.56 Å². The van der Waals surface area contributed by atoms with Gasteiger partial charge in [-0.15, -0.1) is 0 Å². The van der Waals surface area contributed by atoms with Crippen molar-refractivity contribution >= 4 is 0 Å². The largest absolute Gasteiger partial charge is 0.393 e. The summed E-state index contributed by atoms with van der Waals surface area (Å²) in [5.41, 5.74) is 4.53. The highest BCUT2D eigenvalue weighted by molar-refractivity contribution is 5.37. The van der Waals surface area contributed by atoms with Crippen LogP contribution in [0.2, 0.25) is 0 Å². The Balaban J connectivity index is 1.61. The molecule has 0 spiro atoms. The van der Waals surface area contributed by atoms with Crippen molar-refractivity contribution in [3.8, 4) is 0 Å². The fourth-order valence-corrected chi connectivity index (χ4v) is 5.40. The van der Waals surface area contributed by atoms with Crippen LogP contribution in [0.1, 0.15) is 68.6 Å². The number of aliphatic hydroxyl groups is 1. The molecule has 2 aliphatic carbocycles. The van der Waals surface area contributed by atoms with Gasteiger partial charge in [-0.2, -0.15) is 0 Å². The van der Waals surface area contributed by atoms with E-state index in [1.807, 2.05) is 7.11 Å². The van der Waals surface area contributed by atoms with Crippen molar-refractivity contribution in [3.05, 3.63) is 34.9 Å². The summed E-state index contributed by atoms with van der Waals surface area (Å²) < 4.78 is 5.72. The Morgan fingerprint density at radius 2 is 2.04 bits per heavy atom. The molecule has 0 aliphatic heterocycles. The molecule has 0 radical (unpaired) electrons. The fourth-order valence-electron chi connectivity index (χ4n) is 5.40. The Bertz CT molecular complexity index is 553. The first-order valence-electron chi connectivity index (χ1n) is 10.4. The van der Waals surface area contributed by atoms with Crippen molar-refractivity contribution in [2.24, 2.45) is 17.8 Å². The third-order valence-electron chi connectivity index (χ3n) is 6.91. The SMILES string of the molecule is CCCCC[C@@H](CCC1C(O)CC2Cc3c(C)cccc3CC21)OC. The van der Waals surface area contributed by atoms with Crippen LogP contribution in [0.25, 0.3) is 0 Å². The van der Waals surface area contributed by atoms with Gasteiger partial charge < -0.3 is 9.84 Å². The van der Waals surface area contributed by atoms with Crippen LogP contribution in [-0.2, 0) is 17.6 Å². The number of aryl methyl sites for hydroxylation is 1. The second-order valence-electron chi connectivity index (χ2n) is 8.44. The Hall–Kier alpha value is -0.860. The molecule has 0 saturated heterocycles. The van der Waals surface area contributed by atoms with Crippen molar-refractivity contribution in [1.82, 2.24) is 0 Å². The lowest BCUT2D eigenvalue weighted by Crippen LogP contribution is -2.28. The Morgan fingerprint density at radius 3 is 2.80 bits per heavy atom. The minimum Gasteiger partial charge on any atom is -0.393 e. The van der Waals surface area contributed by atoms with Crippen LogP contribution >= 0.6 is 0 Å². The van der Waals surface area contributed by atoms with Gasteiger partial charge in [0.05, 0.1) is 12.2 Å². The molecule has 0 heterocycles. The molecule has 1 N–H and O–H groups in total. The highest BCUT2D eigenvalue weighted by Crippen LogP contribution is 2.47. The minimum absolute atomic E-state index is 0.113. The van der Waals surface area contributed by atoms with Gasteiger partial charge in [-0.05, 0) is 79.9 Å². The molecule has 1 aromatic carbocycles. The van der Waals surface area contributed by atoms with E-state index in [0.717, 1.165) is 25.7 Å². The molecule has 2 heteroatoms. The molecule has 140 valence electrons. The monoisotopic (exact) mass is 344 g/mol. The fraction of sp³-hybridized carbons (Fsp3) is 0.739. The highest BCUT2D eigenvalue weighted by Gasteiger charge is 2.44. The second kappa shape index (κ2) is 8.68. The zero-order valence-electron chi connectivity index (χ0n) is 16.3. The van der Waals surface area contributed by atoms with Crippen molar-refractivity contribution in [2.75, 3.05) is 7.11 Å². The van der Waals surface area contributed by atoms with Crippen LogP contribution in [0.5, 0.6) is 0 Å². The number of unbranched alkanes of at least 4 members (excludes halogenated alkanes) is 2. The van der Waals surface area contributed by atoms with Crippen molar-refractivity contribution in [3.63, 3.8) is 0 Å². The van der Waals surface area contributed by atoms with Gasteiger partial charge in [-0.1, -0.05) is 44.4 Å². The predicted octanol–water partition coefficient (Wildman–Crippen LogP) is 5.08. The van der Waals surface area contributed by atoms with Crippen LogP contribution in [0, 0.1) is 24.7 Å². The molecule has 1 fully saturated rings. The Kier molecular flexibility index (Phi) is 6.57. The average molecular weight is 345 g/mol. The molecule has 1 aromatic rings. The number of fused-ring (bicyclic) bond motifs is 2. The van der Waals surface area contributed by atoms with E-state index < -0.39 is 0 Å². The number of hydrogen-bond acceptors (Lipinski definition) is 2. The summed E-state index contributed by atoms with van der Waals surface area (Å²) in [5, 5.41) is 10.7. The summed E-state index contributed by atoms with van der Waals surface area (Å²) in [7, 11) is 1.85. The molecule has 25 heavy (non-hydrogen) atoms. The van der Waals surface area contributed by atoms with Crippen LogP contribution < -0.4 is 0 Å². The van der Waals surface area contributed by atoms with Crippen LogP contribution in [0.3, 0.4) is 0 Å². The quantitative estimate of drug-likeness (QED) is 0.666. The standard InChI is InChI=1S/C23H36O2/c1-4-5-6-10-19(25-3)11-12-20-22-13-17-9-7-8-16(2)21(17)14-18(22)15-23(20)24/h7-9,18-20,22-24H,4-6,10-15H2,1-3H3/t18?,19-,20?,22?,23?/m0/s1. The lowest BCUT2D eigenvalue weighted by atomic mass is 9.73. The number of hydrogen-bond donors (Lipinski definition) is 1. The van der Waals surface area contributed by atoms with Gasteiger partial charge in [-0.3, -0.25) is 0 Å². The molecule has 2 nitrogen and oxygen atoms in total. The molecule has 2 aliphatic rings. The summed E-state index contributed by atoms with van der Waals surface area (Å²) in [5.74, 6) is 1.80. The van der Waals surface area contributed by atoms with Gasteiger partial charge in [0.25, 0.3) is 0 Å². The van der Waals surface area contributed by atoms with E-state index >= 15 is 0 Å². The number of aliphatic hydroxyl groups excluding tert-OH is 1. The molecule has 1 saturated carbocycles. The highest BCUT2D eigenvalue weighted by atomic mass is 16.5. The second-order valence-corrected chi connectivity index (χ2v) is 8.44. The summed E-state index contributed by atoms with van der Waals surface area (Å²) in [4.78, 5) is 0. The minimum atomic E-state index is -0.113. The van der Waals surface area contributed by atoms with E-state index in [4.69, 9.17) is 4.74 Å². The molecule has 0 aromatic heterocycles. The third kappa shape index (κ3) is 4.28. The van der Waals surface area contributed by atoms with Gasteiger partial charge in [0.15, 0.2) is 0 Å². The van der Waals surface area contributed by atoms with Gasteiger partial charge in [0.2, 0.25) is 0 Å². The van der Waals surface area contributed by atoms with E-state index in [1.165, 1.54) is 43.2 Å². The Labute approximate surface area is 154 Å². The average Bonchev–Trinajstić information content (AvgIpc) is 2.91. The van der Waals surface area contributed by atoms with Crippen molar-refractivity contribution in [1.29, 1.82) is 0 Å². The summed E-state index contributed by atoms with van der Waals surface area (Å²) in [6, 6.07) is 6.74. The smallest absolute Gasteiger partial charge is 0.0574 e. The third-order valence-corrected chi connectivity index (χ3v) is 6.91. The molecular weight excluding hydrogens is 308 g/mol. The van der Waals surface area contributed by atoms with Gasteiger partial charge in [-0.25, -0.2) is 0 Å². The zero-order chi connectivity index (χ0) is 17.8. The molecule has 0 bridgehead atoms. The van der Waals surface area contributed by atoms with Gasteiger partial charge in [0.1, 0.15) is 0 Å². The summed E-state index contributed by atoms with van der Waals surface area (Å²) in [6.45, 7) is 4.49. The number of benzene rings is 1. The molecule has 0 amide bonds. The molecule has 5 atom stereocenters. The normalized spacial score (nSPS) is 29.3. The van der Waals surface area contributed by atoms with E-state index in [9.17, 15) is 5.11 Å². The Morgan fingerprint density at radius 1 is 1.20 bits per heavy atom. The number of methoxy groups -OCH3 is 1. The van der Waals surface area contributed by atoms with Crippen molar-refractivity contribution in [2.45, 2.75) is 83.8 Å². The van der Waals surface area contributed by atoms with Crippen LogP contribution in [-0.4, -0.2) is 24.4 Å². The topological polar surface area (TPSA) is 29.5 Å². The van der Waals surface area contributed by atoms with E-state index in [0.29, 0.717) is 23.9 Å². The first kappa shape index (κ1) is 18.9. The first-order chi connectivity index (χ1) is 12.1. The predicted molar refractivity (Wildman–Crippen MR) is 104 cm³/mol. The van der Waals surface area contributed by atoms with Gasteiger partial charge >= 0.3 is 0 Å². The number of rotatable bonds is 8. The number of ether oxygens (including phenoxy) is 1. The maximum atomic E-state index is 10.7.